The van der Waals surface area contributed by atoms with E-state index in [1.54, 1.807) is 11.2 Å². The van der Waals surface area contributed by atoms with E-state index in [-0.39, 0.29) is 18.0 Å². The lowest BCUT2D eigenvalue weighted by Gasteiger charge is -2.42. The number of likely N-dealkylation sites (tertiary alicyclic amines) is 1. The normalized spacial score (nSPS) is 20.4. The summed E-state index contributed by atoms with van der Waals surface area (Å²) in [5, 5.41) is 3.89. The molecule has 0 bridgehead atoms. The van der Waals surface area contributed by atoms with Gasteiger partial charge in [-0.1, -0.05) is 30.3 Å². The first-order valence-corrected chi connectivity index (χ1v) is 13.1. The number of nitrogens with one attached hydrogen (secondary N) is 2. The second-order valence-corrected chi connectivity index (χ2v) is 9.90. The number of carbonyl (C=O) groups excluding carboxylic acids is 1. The third-order valence-corrected chi connectivity index (χ3v) is 7.62. The molecule has 1 aromatic heterocycles. The Hall–Kier alpha value is -3.16. The number of ether oxygens (including phenoxy) is 1. The number of H-pyrrole nitrogens is 1. The van der Waals surface area contributed by atoms with Crippen molar-refractivity contribution in [1.29, 1.82) is 0 Å². The number of rotatable bonds is 8. The highest BCUT2D eigenvalue weighted by Crippen LogP contribution is 2.36. The lowest BCUT2D eigenvalue weighted by Crippen LogP contribution is -2.47. The van der Waals surface area contributed by atoms with Gasteiger partial charge in [-0.25, -0.2) is 4.98 Å². The van der Waals surface area contributed by atoms with Crippen LogP contribution in [0.2, 0.25) is 0 Å². The van der Waals surface area contributed by atoms with Crippen LogP contribution in [0, 0.1) is 6.92 Å². The summed E-state index contributed by atoms with van der Waals surface area (Å²) >= 11 is 0. The summed E-state index contributed by atoms with van der Waals surface area (Å²) in [5.74, 6) is 1.09. The Labute approximate surface area is 213 Å². The van der Waals surface area contributed by atoms with E-state index in [9.17, 15) is 4.79 Å². The number of fused-ring (bicyclic) bond motifs is 1. The number of anilines is 1. The van der Waals surface area contributed by atoms with Crippen molar-refractivity contribution in [3.63, 3.8) is 0 Å². The highest BCUT2D eigenvalue weighted by atomic mass is 16.5. The third kappa shape index (κ3) is 5.04. The second kappa shape index (κ2) is 10.8. The zero-order valence-corrected chi connectivity index (χ0v) is 21.6. The van der Waals surface area contributed by atoms with Gasteiger partial charge in [-0.2, -0.15) is 0 Å². The molecule has 2 aliphatic heterocycles. The molecule has 0 saturated carbocycles. The number of aromatic nitrogens is 2. The number of nitrogens with zero attached hydrogens (tertiary/aromatic N) is 3. The molecule has 7 heteroatoms. The van der Waals surface area contributed by atoms with Gasteiger partial charge in [0, 0.05) is 49.5 Å². The van der Waals surface area contributed by atoms with Gasteiger partial charge in [0.15, 0.2) is 0 Å². The molecule has 190 valence electrons. The average Bonchev–Trinajstić information content (AvgIpc) is 3.30. The fourth-order valence-corrected chi connectivity index (χ4v) is 5.67. The molecule has 2 atom stereocenters. The van der Waals surface area contributed by atoms with Crippen LogP contribution in [0.4, 0.5) is 5.69 Å². The average molecular weight is 488 g/mol. The van der Waals surface area contributed by atoms with Crippen LogP contribution in [-0.2, 0) is 24.3 Å². The van der Waals surface area contributed by atoms with E-state index >= 15 is 0 Å². The number of aryl methyl sites for hydroxylation is 2. The molecule has 2 aromatic carbocycles. The molecule has 0 aliphatic carbocycles. The van der Waals surface area contributed by atoms with E-state index in [0.717, 1.165) is 60.7 Å². The van der Waals surface area contributed by atoms with E-state index in [0.29, 0.717) is 19.6 Å². The molecule has 1 fully saturated rings. The third-order valence-electron chi connectivity index (χ3n) is 7.62. The van der Waals surface area contributed by atoms with Crippen LogP contribution in [0.5, 0.6) is 5.75 Å². The number of hydrogen-bond acceptors (Lipinski definition) is 5. The molecular formula is C29H37N5O2. The molecule has 0 radical (unpaired) electrons. The molecule has 2 N–H and O–H groups in total. The lowest BCUT2D eigenvalue weighted by atomic mass is 9.89. The summed E-state index contributed by atoms with van der Waals surface area (Å²) < 4.78 is 6.06. The van der Waals surface area contributed by atoms with E-state index in [4.69, 9.17) is 4.74 Å². The monoisotopic (exact) mass is 487 g/mol. The maximum absolute atomic E-state index is 12.3. The van der Waals surface area contributed by atoms with Crippen LogP contribution in [0.25, 0.3) is 0 Å². The first-order valence-electron chi connectivity index (χ1n) is 13.1. The molecule has 2 aliphatic rings. The fourth-order valence-electron chi connectivity index (χ4n) is 5.67. The molecular weight excluding hydrogens is 450 g/mol. The van der Waals surface area contributed by atoms with Crippen LogP contribution in [0.1, 0.15) is 60.3 Å². The Morgan fingerprint density at radius 2 is 2.03 bits per heavy atom. The van der Waals surface area contributed by atoms with Crippen molar-refractivity contribution < 1.29 is 9.53 Å². The SMILES string of the molecule is CCOc1cc2c(cc1CNC1CCCN(Cc3nc[nH]c3C)C1c1ccccc1)N(C)C(=O)CC2. The van der Waals surface area contributed by atoms with Gasteiger partial charge in [-0.15, -0.1) is 0 Å². The fraction of sp³-hybridized carbons (Fsp3) is 0.448. The minimum absolute atomic E-state index is 0.172. The highest BCUT2D eigenvalue weighted by Gasteiger charge is 2.33. The van der Waals surface area contributed by atoms with Gasteiger partial charge in [-0.3, -0.25) is 9.69 Å². The van der Waals surface area contributed by atoms with Gasteiger partial charge in [0.25, 0.3) is 0 Å². The van der Waals surface area contributed by atoms with Crippen LogP contribution in [0.3, 0.4) is 0 Å². The summed E-state index contributed by atoms with van der Waals surface area (Å²) in [6.45, 7) is 7.28. The predicted molar refractivity (Wildman–Crippen MR) is 142 cm³/mol. The largest absolute Gasteiger partial charge is 0.494 e. The number of piperidine rings is 1. The minimum atomic E-state index is 0.172. The van der Waals surface area contributed by atoms with E-state index < -0.39 is 0 Å². The van der Waals surface area contributed by atoms with Crippen molar-refractivity contribution in [3.05, 3.63) is 76.9 Å². The first-order chi connectivity index (χ1) is 17.5. The Kier molecular flexibility index (Phi) is 7.39. The first kappa shape index (κ1) is 24.5. The van der Waals surface area contributed by atoms with Gasteiger partial charge in [-0.05, 0) is 62.9 Å². The topological polar surface area (TPSA) is 73.5 Å². The predicted octanol–water partition coefficient (Wildman–Crippen LogP) is 4.52. The standard InChI is InChI=1S/C29H37N5O2/c1-4-36-27-16-22-12-13-28(35)33(3)26(22)15-23(27)17-30-24-11-8-14-34(18-25-20(2)31-19-32-25)29(24)21-9-6-5-7-10-21/h5-7,9-10,15-16,19,24,29-30H,4,8,11-14,17-18H2,1-3H3,(H,31,32). The van der Waals surface area contributed by atoms with Crippen LogP contribution >= 0.6 is 0 Å². The van der Waals surface area contributed by atoms with Gasteiger partial charge in [0.2, 0.25) is 5.91 Å². The van der Waals surface area contributed by atoms with Gasteiger partial charge < -0.3 is 19.9 Å². The van der Waals surface area contributed by atoms with Crippen molar-refractivity contribution in [2.45, 2.75) is 64.7 Å². The summed E-state index contributed by atoms with van der Waals surface area (Å²) in [7, 11) is 1.87. The van der Waals surface area contributed by atoms with Crippen LogP contribution in [-0.4, -0.2) is 47.0 Å². The van der Waals surface area contributed by atoms with Crippen molar-refractivity contribution in [3.8, 4) is 5.75 Å². The molecule has 3 heterocycles. The van der Waals surface area contributed by atoms with E-state index in [1.807, 2.05) is 14.0 Å². The van der Waals surface area contributed by atoms with E-state index in [2.05, 4.69) is 69.6 Å². The molecule has 36 heavy (non-hydrogen) atoms. The maximum atomic E-state index is 12.3. The highest BCUT2D eigenvalue weighted by molar-refractivity contribution is 5.96. The van der Waals surface area contributed by atoms with Crippen LogP contribution in [0.15, 0.2) is 48.8 Å². The van der Waals surface area contributed by atoms with Gasteiger partial charge in [0.1, 0.15) is 5.75 Å². The molecule has 2 unspecified atom stereocenters. The van der Waals surface area contributed by atoms with Crippen molar-refractivity contribution in [2.24, 2.45) is 0 Å². The molecule has 1 saturated heterocycles. The zero-order valence-electron chi connectivity index (χ0n) is 21.6. The molecule has 1 amide bonds. The van der Waals surface area contributed by atoms with Crippen molar-refractivity contribution >= 4 is 11.6 Å². The van der Waals surface area contributed by atoms with Crippen molar-refractivity contribution in [2.75, 3.05) is 25.1 Å². The molecule has 7 nitrogen and oxygen atoms in total. The number of benzene rings is 2. The summed E-state index contributed by atoms with van der Waals surface area (Å²) in [6.07, 6.45) is 5.34. The Morgan fingerprint density at radius 3 is 2.78 bits per heavy atom. The Balaban J connectivity index is 1.41. The van der Waals surface area contributed by atoms with Gasteiger partial charge >= 0.3 is 0 Å². The summed E-state index contributed by atoms with van der Waals surface area (Å²) in [6, 6.07) is 15.6. The number of amides is 1. The Bertz CT molecular complexity index is 1190. The Morgan fingerprint density at radius 1 is 1.19 bits per heavy atom. The molecule has 5 rings (SSSR count). The van der Waals surface area contributed by atoms with Crippen LogP contribution < -0.4 is 15.0 Å². The summed E-state index contributed by atoms with van der Waals surface area (Å²) in [4.78, 5) is 24.5. The molecule has 0 spiro atoms. The number of hydrogen-bond donors (Lipinski definition) is 2. The number of carbonyl (C=O) groups is 1. The maximum Gasteiger partial charge on any atom is 0.227 e. The van der Waals surface area contributed by atoms with Gasteiger partial charge in [0.05, 0.1) is 24.7 Å². The quantitative estimate of drug-likeness (QED) is 0.489. The second-order valence-electron chi connectivity index (χ2n) is 9.90. The summed E-state index contributed by atoms with van der Waals surface area (Å²) in [5.41, 5.74) is 6.85. The smallest absolute Gasteiger partial charge is 0.227 e. The minimum Gasteiger partial charge on any atom is -0.494 e. The lowest BCUT2D eigenvalue weighted by molar-refractivity contribution is -0.118. The number of imidazole rings is 1. The molecule has 3 aromatic rings. The van der Waals surface area contributed by atoms with E-state index in [1.165, 1.54) is 11.1 Å². The zero-order chi connectivity index (χ0) is 25.1. The number of aromatic amines is 1. The van der Waals surface area contributed by atoms with Crippen molar-refractivity contribution in [1.82, 2.24) is 20.2 Å².